The van der Waals surface area contributed by atoms with Crippen molar-refractivity contribution in [2.24, 2.45) is 17.3 Å². The van der Waals surface area contributed by atoms with Gasteiger partial charge >= 0.3 is 0 Å². The number of aliphatic hydroxyl groups is 1. The molecule has 5 atom stereocenters. The lowest BCUT2D eigenvalue weighted by Crippen LogP contribution is -2.43. The molecule has 0 spiro atoms. The summed E-state index contributed by atoms with van der Waals surface area (Å²) in [5, 5.41) is 10.4. The Bertz CT molecular complexity index is 552. The topological polar surface area (TPSA) is 29.5 Å². The number of aliphatic hydroxyl groups excluding tert-OH is 1. The molecule has 4 rings (SSSR count). The fourth-order valence-electron chi connectivity index (χ4n) is 5.66. The van der Waals surface area contributed by atoms with Gasteiger partial charge in [-0.2, -0.15) is 0 Å². The van der Waals surface area contributed by atoms with Gasteiger partial charge in [-0.25, -0.2) is 0 Å². The summed E-state index contributed by atoms with van der Waals surface area (Å²) in [4.78, 5) is 0. The predicted molar refractivity (Wildman–Crippen MR) is 83.6 cm³/mol. The first-order valence-electron chi connectivity index (χ1n) is 8.48. The monoisotopic (exact) mass is 286 g/mol. The number of hydrogen-bond donors (Lipinski definition) is 1. The molecule has 2 nitrogen and oxygen atoms in total. The molecular weight excluding hydrogens is 260 g/mol. The van der Waals surface area contributed by atoms with Crippen LogP contribution in [-0.4, -0.2) is 18.3 Å². The lowest BCUT2D eigenvalue weighted by molar-refractivity contribution is -0.0226. The Morgan fingerprint density at radius 3 is 2.86 bits per heavy atom. The van der Waals surface area contributed by atoms with Crippen molar-refractivity contribution in [2.75, 3.05) is 7.11 Å². The van der Waals surface area contributed by atoms with E-state index in [-0.39, 0.29) is 11.5 Å². The Morgan fingerprint density at radius 2 is 2.05 bits per heavy atom. The van der Waals surface area contributed by atoms with Crippen LogP contribution < -0.4 is 4.74 Å². The van der Waals surface area contributed by atoms with Crippen LogP contribution in [0.15, 0.2) is 18.2 Å². The second kappa shape index (κ2) is 4.74. The molecule has 114 valence electrons. The van der Waals surface area contributed by atoms with Gasteiger partial charge in [-0.15, -0.1) is 0 Å². The van der Waals surface area contributed by atoms with Gasteiger partial charge in [0.2, 0.25) is 0 Å². The summed E-state index contributed by atoms with van der Waals surface area (Å²) in [5.74, 6) is 3.20. The van der Waals surface area contributed by atoms with Gasteiger partial charge in [0, 0.05) is 0 Å². The fourth-order valence-corrected chi connectivity index (χ4v) is 5.66. The highest BCUT2D eigenvalue weighted by atomic mass is 16.5. The van der Waals surface area contributed by atoms with Crippen molar-refractivity contribution < 1.29 is 9.84 Å². The third-order valence-corrected chi connectivity index (χ3v) is 6.88. The SMILES string of the molecule is COc1ccc2c(c1)CCC1C2CCC2(C)C1CC[C@@H]2O. The zero-order valence-electron chi connectivity index (χ0n) is 13.1. The number of rotatable bonds is 1. The molecule has 0 radical (unpaired) electrons. The van der Waals surface area contributed by atoms with Crippen molar-refractivity contribution in [1.29, 1.82) is 0 Å². The van der Waals surface area contributed by atoms with Crippen molar-refractivity contribution in [1.82, 2.24) is 0 Å². The molecule has 0 aromatic heterocycles. The molecule has 2 saturated carbocycles. The Kier molecular flexibility index (Phi) is 3.08. The predicted octanol–water partition coefficient (Wildman–Crippen LogP) is 3.91. The molecule has 1 aromatic carbocycles. The van der Waals surface area contributed by atoms with Crippen molar-refractivity contribution >= 4 is 0 Å². The molecule has 1 N–H and O–H groups in total. The van der Waals surface area contributed by atoms with E-state index in [4.69, 9.17) is 4.74 Å². The van der Waals surface area contributed by atoms with E-state index in [0.717, 1.165) is 24.0 Å². The van der Waals surface area contributed by atoms with Crippen LogP contribution in [0.5, 0.6) is 5.75 Å². The normalized spacial score (nSPS) is 41.1. The Balaban J connectivity index is 1.68. The van der Waals surface area contributed by atoms with Crippen molar-refractivity contribution in [3.63, 3.8) is 0 Å². The highest BCUT2D eigenvalue weighted by Crippen LogP contribution is 2.60. The molecule has 0 bridgehead atoms. The van der Waals surface area contributed by atoms with E-state index in [2.05, 4.69) is 25.1 Å². The number of hydrogen-bond acceptors (Lipinski definition) is 2. The van der Waals surface area contributed by atoms with Crippen molar-refractivity contribution in [2.45, 2.75) is 57.5 Å². The van der Waals surface area contributed by atoms with Gasteiger partial charge in [-0.05, 0) is 85.0 Å². The number of fused-ring (bicyclic) bond motifs is 5. The van der Waals surface area contributed by atoms with Crippen LogP contribution in [0.2, 0.25) is 0 Å². The van der Waals surface area contributed by atoms with Gasteiger partial charge in [0.15, 0.2) is 0 Å². The first-order chi connectivity index (χ1) is 10.1. The third-order valence-electron chi connectivity index (χ3n) is 6.88. The van der Waals surface area contributed by atoms with Gasteiger partial charge in [0.25, 0.3) is 0 Å². The number of aryl methyl sites for hydroxylation is 1. The fraction of sp³-hybridized carbons (Fsp3) is 0.684. The van der Waals surface area contributed by atoms with Gasteiger partial charge in [0.1, 0.15) is 5.75 Å². The van der Waals surface area contributed by atoms with Gasteiger partial charge in [-0.1, -0.05) is 13.0 Å². The van der Waals surface area contributed by atoms with E-state index in [1.165, 1.54) is 37.7 Å². The Labute approximate surface area is 127 Å². The van der Waals surface area contributed by atoms with Gasteiger partial charge in [-0.3, -0.25) is 0 Å². The Hall–Kier alpha value is -1.02. The summed E-state index contributed by atoms with van der Waals surface area (Å²) in [6.45, 7) is 2.34. The minimum absolute atomic E-state index is 0.0688. The van der Waals surface area contributed by atoms with E-state index >= 15 is 0 Å². The summed E-state index contributed by atoms with van der Waals surface area (Å²) in [6.07, 6.45) is 7.07. The van der Waals surface area contributed by atoms with Crippen LogP contribution in [0.1, 0.15) is 56.1 Å². The third kappa shape index (κ3) is 1.88. The van der Waals surface area contributed by atoms with E-state index < -0.39 is 0 Å². The zero-order chi connectivity index (χ0) is 14.6. The summed E-state index contributed by atoms with van der Waals surface area (Å²) in [6, 6.07) is 6.67. The Morgan fingerprint density at radius 1 is 1.19 bits per heavy atom. The maximum Gasteiger partial charge on any atom is 0.119 e. The molecule has 3 aliphatic carbocycles. The second-order valence-corrected chi connectivity index (χ2v) is 7.62. The van der Waals surface area contributed by atoms with Crippen LogP contribution in [0.4, 0.5) is 0 Å². The minimum Gasteiger partial charge on any atom is -0.497 e. The van der Waals surface area contributed by atoms with Crippen LogP contribution in [-0.2, 0) is 6.42 Å². The molecule has 3 aliphatic rings. The lowest BCUT2D eigenvalue weighted by Gasteiger charge is -2.50. The molecule has 0 saturated heterocycles. The zero-order valence-corrected chi connectivity index (χ0v) is 13.1. The van der Waals surface area contributed by atoms with E-state index in [9.17, 15) is 5.11 Å². The van der Waals surface area contributed by atoms with E-state index in [1.54, 1.807) is 12.7 Å². The first-order valence-corrected chi connectivity index (χ1v) is 8.48. The van der Waals surface area contributed by atoms with Gasteiger partial charge < -0.3 is 9.84 Å². The highest BCUT2D eigenvalue weighted by molar-refractivity contribution is 5.40. The molecule has 2 fully saturated rings. The molecule has 0 heterocycles. The molecule has 2 heteroatoms. The summed E-state index contributed by atoms with van der Waals surface area (Å²) >= 11 is 0. The quantitative estimate of drug-likeness (QED) is 0.848. The summed E-state index contributed by atoms with van der Waals surface area (Å²) in [7, 11) is 1.75. The maximum atomic E-state index is 10.4. The first kappa shape index (κ1) is 13.6. The van der Waals surface area contributed by atoms with Crippen LogP contribution in [0.3, 0.4) is 0 Å². The second-order valence-electron chi connectivity index (χ2n) is 7.62. The van der Waals surface area contributed by atoms with Crippen LogP contribution in [0, 0.1) is 17.3 Å². The molecule has 1 aromatic rings. The van der Waals surface area contributed by atoms with Crippen molar-refractivity contribution in [3.05, 3.63) is 29.3 Å². The molecule has 4 unspecified atom stereocenters. The molecule has 0 aliphatic heterocycles. The van der Waals surface area contributed by atoms with E-state index in [1.807, 2.05) is 0 Å². The summed E-state index contributed by atoms with van der Waals surface area (Å²) in [5.41, 5.74) is 3.25. The number of benzene rings is 1. The average molecular weight is 286 g/mol. The molecular formula is C19H26O2. The van der Waals surface area contributed by atoms with E-state index in [0.29, 0.717) is 5.92 Å². The van der Waals surface area contributed by atoms with Crippen LogP contribution in [0.25, 0.3) is 0 Å². The molecule has 21 heavy (non-hydrogen) atoms. The van der Waals surface area contributed by atoms with Crippen molar-refractivity contribution in [3.8, 4) is 5.75 Å². The van der Waals surface area contributed by atoms with Crippen LogP contribution >= 0.6 is 0 Å². The van der Waals surface area contributed by atoms with Gasteiger partial charge in [0.05, 0.1) is 13.2 Å². The lowest BCUT2D eigenvalue weighted by atomic mass is 9.55. The largest absolute Gasteiger partial charge is 0.497 e. The number of methoxy groups -OCH3 is 1. The maximum absolute atomic E-state index is 10.4. The highest BCUT2D eigenvalue weighted by Gasteiger charge is 2.54. The average Bonchev–Trinajstić information content (AvgIpc) is 2.82. The number of ether oxygens (including phenoxy) is 1. The molecule has 0 amide bonds. The standard InChI is InChI=1S/C19H26O2/c1-19-10-9-15-14-6-4-13(21-2)11-12(14)3-5-16(15)17(19)7-8-18(19)20/h4,6,11,15-18,20H,3,5,7-10H2,1-2H3/t15?,16?,17?,18-,19?/m0/s1. The minimum atomic E-state index is -0.0688. The smallest absolute Gasteiger partial charge is 0.119 e. The summed E-state index contributed by atoms with van der Waals surface area (Å²) < 4.78 is 5.38.